The standard InChI is InChI=1S/C14H26N6O/c1-11(2)8-20-12(16-10-17-20)9-19-6-4-14(3,5-7-19)13(15)18-21/h10-11,21H,4-9H2,1-3H3,(H2,15,18). The first kappa shape index (κ1) is 15.8. The van der Waals surface area contributed by atoms with Crippen LogP contribution in [0.2, 0.25) is 0 Å². The van der Waals surface area contributed by atoms with E-state index < -0.39 is 0 Å². The molecule has 1 saturated heterocycles. The zero-order valence-corrected chi connectivity index (χ0v) is 13.2. The molecule has 21 heavy (non-hydrogen) atoms. The minimum atomic E-state index is -0.198. The molecule has 0 amide bonds. The summed E-state index contributed by atoms with van der Waals surface area (Å²) in [5.74, 6) is 1.90. The van der Waals surface area contributed by atoms with Gasteiger partial charge in [-0.25, -0.2) is 9.67 Å². The molecule has 0 aliphatic carbocycles. The third kappa shape index (κ3) is 3.72. The lowest BCUT2D eigenvalue weighted by atomic mass is 9.79. The van der Waals surface area contributed by atoms with Crippen LogP contribution in [-0.2, 0) is 13.1 Å². The van der Waals surface area contributed by atoms with E-state index in [1.807, 2.05) is 4.68 Å². The molecule has 0 unspecified atom stereocenters. The highest BCUT2D eigenvalue weighted by Crippen LogP contribution is 2.31. The van der Waals surface area contributed by atoms with Gasteiger partial charge in [-0.15, -0.1) is 0 Å². The van der Waals surface area contributed by atoms with Crippen molar-refractivity contribution in [1.82, 2.24) is 19.7 Å². The van der Waals surface area contributed by atoms with Crippen LogP contribution in [0, 0.1) is 11.3 Å². The van der Waals surface area contributed by atoms with E-state index in [0.717, 1.165) is 44.8 Å². The molecule has 1 aromatic rings. The average molecular weight is 294 g/mol. The van der Waals surface area contributed by atoms with Gasteiger partial charge in [-0.1, -0.05) is 25.9 Å². The lowest BCUT2D eigenvalue weighted by Gasteiger charge is -2.38. The van der Waals surface area contributed by atoms with Crippen LogP contribution in [-0.4, -0.2) is 43.8 Å². The Kier molecular flexibility index (Phi) is 4.82. The Labute approximate surface area is 125 Å². The largest absolute Gasteiger partial charge is 0.409 e. The van der Waals surface area contributed by atoms with Gasteiger partial charge in [-0.2, -0.15) is 5.10 Å². The molecule has 7 nitrogen and oxygen atoms in total. The quantitative estimate of drug-likeness (QED) is 0.369. The second-order valence-electron chi connectivity index (χ2n) is 6.57. The maximum absolute atomic E-state index is 8.87. The number of likely N-dealkylation sites (tertiary alicyclic amines) is 1. The van der Waals surface area contributed by atoms with Crippen molar-refractivity contribution in [1.29, 1.82) is 0 Å². The predicted molar refractivity (Wildman–Crippen MR) is 80.9 cm³/mol. The fourth-order valence-corrected chi connectivity index (χ4v) is 2.69. The van der Waals surface area contributed by atoms with Crippen LogP contribution >= 0.6 is 0 Å². The minimum Gasteiger partial charge on any atom is -0.409 e. The molecule has 0 saturated carbocycles. The summed E-state index contributed by atoms with van der Waals surface area (Å²) in [6.07, 6.45) is 3.41. The van der Waals surface area contributed by atoms with Gasteiger partial charge in [-0.3, -0.25) is 4.90 Å². The van der Waals surface area contributed by atoms with Crippen LogP contribution < -0.4 is 5.73 Å². The third-order valence-electron chi connectivity index (χ3n) is 4.28. The van der Waals surface area contributed by atoms with Crippen LogP contribution in [0.3, 0.4) is 0 Å². The second-order valence-corrected chi connectivity index (χ2v) is 6.57. The van der Waals surface area contributed by atoms with E-state index in [4.69, 9.17) is 10.9 Å². The van der Waals surface area contributed by atoms with Gasteiger partial charge < -0.3 is 10.9 Å². The maximum atomic E-state index is 8.87. The number of rotatable bonds is 5. The van der Waals surface area contributed by atoms with Crippen molar-refractivity contribution in [3.05, 3.63) is 12.2 Å². The van der Waals surface area contributed by atoms with E-state index >= 15 is 0 Å². The van der Waals surface area contributed by atoms with E-state index in [-0.39, 0.29) is 5.41 Å². The Morgan fingerprint density at radius 1 is 1.48 bits per heavy atom. The van der Waals surface area contributed by atoms with E-state index in [1.165, 1.54) is 0 Å². The summed E-state index contributed by atoms with van der Waals surface area (Å²) in [6.45, 7) is 9.94. The molecule has 0 aromatic carbocycles. The molecule has 1 aliphatic heterocycles. The highest BCUT2D eigenvalue weighted by Gasteiger charge is 2.34. The van der Waals surface area contributed by atoms with Gasteiger partial charge in [0, 0.05) is 12.0 Å². The van der Waals surface area contributed by atoms with Gasteiger partial charge in [-0.05, 0) is 31.8 Å². The fourth-order valence-electron chi connectivity index (χ4n) is 2.69. The molecule has 1 aliphatic rings. The molecular formula is C14H26N6O. The van der Waals surface area contributed by atoms with Crippen molar-refractivity contribution in [2.45, 2.75) is 46.7 Å². The molecule has 0 bridgehead atoms. The maximum Gasteiger partial charge on any atom is 0.145 e. The molecule has 2 rings (SSSR count). The van der Waals surface area contributed by atoms with Crippen LogP contribution in [0.25, 0.3) is 0 Å². The number of aromatic nitrogens is 3. The Hall–Kier alpha value is -1.63. The summed E-state index contributed by atoms with van der Waals surface area (Å²) in [5, 5.41) is 16.4. The van der Waals surface area contributed by atoms with Crippen molar-refractivity contribution in [3.63, 3.8) is 0 Å². The van der Waals surface area contributed by atoms with Crippen molar-refractivity contribution in [2.24, 2.45) is 22.2 Å². The molecule has 0 atom stereocenters. The second kappa shape index (κ2) is 6.43. The van der Waals surface area contributed by atoms with Crippen molar-refractivity contribution < 1.29 is 5.21 Å². The van der Waals surface area contributed by atoms with Gasteiger partial charge in [0.15, 0.2) is 0 Å². The molecule has 1 fully saturated rings. The Balaban J connectivity index is 1.94. The van der Waals surface area contributed by atoms with Crippen LogP contribution in [0.4, 0.5) is 0 Å². The predicted octanol–water partition coefficient (Wildman–Crippen LogP) is 1.28. The van der Waals surface area contributed by atoms with Gasteiger partial charge in [0.25, 0.3) is 0 Å². The summed E-state index contributed by atoms with van der Waals surface area (Å²) in [4.78, 5) is 6.73. The van der Waals surface area contributed by atoms with E-state index in [1.54, 1.807) is 6.33 Å². The summed E-state index contributed by atoms with van der Waals surface area (Å²) in [7, 11) is 0. The number of hydrogen-bond acceptors (Lipinski definition) is 5. The SMILES string of the molecule is CC(C)Cn1ncnc1CN1CCC(C)(C(N)=NO)CC1. The van der Waals surface area contributed by atoms with Crippen LogP contribution in [0.5, 0.6) is 0 Å². The highest BCUT2D eigenvalue weighted by atomic mass is 16.4. The first-order valence-corrected chi connectivity index (χ1v) is 7.51. The smallest absolute Gasteiger partial charge is 0.145 e. The number of hydrogen-bond donors (Lipinski definition) is 2. The van der Waals surface area contributed by atoms with Gasteiger partial charge >= 0.3 is 0 Å². The van der Waals surface area contributed by atoms with Crippen molar-refractivity contribution in [3.8, 4) is 0 Å². The van der Waals surface area contributed by atoms with Crippen molar-refractivity contribution >= 4 is 5.84 Å². The van der Waals surface area contributed by atoms with Gasteiger partial charge in [0.2, 0.25) is 0 Å². The van der Waals surface area contributed by atoms with E-state index in [9.17, 15) is 0 Å². The third-order valence-corrected chi connectivity index (χ3v) is 4.28. The topological polar surface area (TPSA) is 92.6 Å². The number of nitrogens with zero attached hydrogens (tertiary/aromatic N) is 5. The number of amidine groups is 1. The summed E-state index contributed by atoms with van der Waals surface area (Å²) >= 11 is 0. The molecule has 0 spiro atoms. The molecule has 3 N–H and O–H groups in total. The average Bonchev–Trinajstić information content (AvgIpc) is 2.87. The molecule has 2 heterocycles. The Bertz CT molecular complexity index is 487. The molecule has 7 heteroatoms. The summed E-state index contributed by atoms with van der Waals surface area (Å²) in [6, 6.07) is 0. The lowest BCUT2D eigenvalue weighted by Crippen LogP contribution is -2.45. The molecule has 1 aromatic heterocycles. The van der Waals surface area contributed by atoms with Gasteiger partial charge in [0.05, 0.1) is 6.54 Å². The van der Waals surface area contributed by atoms with Gasteiger partial charge in [0.1, 0.15) is 18.0 Å². The normalized spacial score (nSPS) is 20.1. The van der Waals surface area contributed by atoms with E-state index in [0.29, 0.717) is 11.8 Å². The van der Waals surface area contributed by atoms with Crippen LogP contribution in [0.15, 0.2) is 11.5 Å². The lowest BCUT2D eigenvalue weighted by molar-refractivity contribution is 0.147. The fraction of sp³-hybridized carbons (Fsp3) is 0.786. The zero-order valence-electron chi connectivity index (χ0n) is 13.2. The van der Waals surface area contributed by atoms with E-state index in [2.05, 4.69) is 40.9 Å². The monoisotopic (exact) mass is 294 g/mol. The Morgan fingerprint density at radius 3 is 2.71 bits per heavy atom. The number of piperidine rings is 1. The Morgan fingerprint density at radius 2 is 2.14 bits per heavy atom. The number of oxime groups is 1. The minimum absolute atomic E-state index is 0.198. The molecule has 118 valence electrons. The number of nitrogens with two attached hydrogens (primary N) is 1. The van der Waals surface area contributed by atoms with Crippen molar-refractivity contribution in [2.75, 3.05) is 13.1 Å². The first-order valence-electron chi connectivity index (χ1n) is 7.51. The molecular weight excluding hydrogens is 268 g/mol. The zero-order chi connectivity index (χ0) is 15.5. The summed E-state index contributed by atoms with van der Waals surface area (Å²) < 4.78 is 1.99. The first-order chi connectivity index (χ1) is 9.94. The summed E-state index contributed by atoms with van der Waals surface area (Å²) in [5.41, 5.74) is 5.60. The molecule has 0 radical (unpaired) electrons. The highest BCUT2D eigenvalue weighted by molar-refractivity contribution is 5.85. The van der Waals surface area contributed by atoms with Crippen LogP contribution in [0.1, 0.15) is 39.4 Å².